The molecule has 3 heterocycles. The first kappa shape index (κ1) is 25.5. The van der Waals surface area contributed by atoms with Gasteiger partial charge in [0.25, 0.3) is 11.2 Å². The lowest BCUT2D eigenvalue weighted by Gasteiger charge is -2.39. The van der Waals surface area contributed by atoms with Crippen molar-refractivity contribution in [3.63, 3.8) is 0 Å². The standard InChI is InChI=1S/C24H21F5N4O3S/c25-16-2-1-14(18(26)11-16)12-31-6-3-23(13-31)4-7-32(8-5-23)22-30-21(34)17-9-15(24(27,28)29)10-19(33(35)36)20(17)37-22/h1-2,9-11H,3-8,12-13H2. The molecule has 5 rings (SSSR count). The smallest absolute Gasteiger partial charge is 0.348 e. The van der Waals surface area contributed by atoms with Gasteiger partial charge in [0.2, 0.25) is 0 Å². The Labute approximate surface area is 211 Å². The molecule has 1 aromatic heterocycles. The molecule has 0 amide bonds. The number of likely N-dealkylation sites (tertiary alicyclic amines) is 1. The summed E-state index contributed by atoms with van der Waals surface area (Å²) in [5.74, 6) is -1.20. The molecule has 7 nitrogen and oxygen atoms in total. The van der Waals surface area contributed by atoms with E-state index in [1.165, 1.54) is 12.1 Å². The Morgan fingerprint density at radius 3 is 2.43 bits per heavy atom. The number of benzene rings is 2. The predicted molar refractivity (Wildman–Crippen MR) is 128 cm³/mol. The van der Waals surface area contributed by atoms with Crippen LogP contribution in [0.4, 0.5) is 32.8 Å². The summed E-state index contributed by atoms with van der Waals surface area (Å²) in [6.45, 7) is 2.88. The lowest BCUT2D eigenvalue weighted by Crippen LogP contribution is -2.42. The third-order valence-electron chi connectivity index (χ3n) is 7.24. The van der Waals surface area contributed by atoms with Gasteiger partial charge in [0.15, 0.2) is 5.13 Å². The van der Waals surface area contributed by atoms with E-state index in [0.29, 0.717) is 37.3 Å². The van der Waals surface area contributed by atoms with E-state index < -0.39 is 44.9 Å². The Kier molecular flexibility index (Phi) is 6.39. The Morgan fingerprint density at radius 1 is 1.08 bits per heavy atom. The molecular formula is C24H21F5N4O3S. The summed E-state index contributed by atoms with van der Waals surface area (Å²) in [5, 5.41) is 11.3. The van der Waals surface area contributed by atoms with Crippen LogP contribution in [0.3, 0.4) is 0 Å². The van der Waals surface area contributed by atoms with Crippen LogP contribution in [0.2, 0.25) is 0 Å². The fourth-order valence-corrected chi connectivity index (χ4v) is 6.33. The number of hydrogen-bond acceptors (Lipinski definition) is 7. The number of anilines is 1. The van der Waals surface area contributed by atoms with Crippen molar-refractivity contribution in [2.75, 3.05) is 31.1 Å². The molecule has 0 radical (unpaired) electrons. The Hall–Kier alpha value is -3.19. The molecule has 3 aromatic rings. The fourth-order valence-electron chi connectivity index (χ4n) is 5.21. The maximum atomic E-state index is 14.1. The highest BCUT2D eigenvalue weighted by Gasteiger charge is 2.41. The summed E-state index contributed by atoms with van der Waals surface area (Å²) in [6, 6.07) is 4.61. The number of fused-ring (bicyclic) bond motifs is 1. The van der Waals surface area contributed by atoms with Gasteiger partial charge >= 0.3 is 6.18 Å². The summed E-state index contributed by atoms with van der Waals surface area (Å²) < 4.78 is 66.8. The molecule has 2 aliphatic heterocycles. The molecule has 2 saturated heterocycles. The second-order valence-electron chi connectivity index (χ2n) is 9.61. The van der Waals surface area contributed by atoms with Crippen molar-refractivity contribution in [2.45, 2.75) is 32.0 Å². The van der Waals surface area contributed by atoms with Gasteiger partial charge in [-0.25, -0.2) is 8.78 Å². The molecular weight excluding hydrogens is 519 g/mol. The minimum absolute atomic E-state index is 0.0254. The Balaban J connectivity index is 1.33. The van der Waals surface area contributed by atoms with Gasteiger partial charge in [0, 0.05) is 43.9 Å². The first-order chi connectivity index (χ1) is 17.4. The number of halogens is 5. The summed E-state index contributed by atoms with van der Waals surface area (Å²) in [4.78, 5) is 31.2. The minimum atomic E-state index is -4.84. The molecule has 0 bridgehead atoms. The van der Waals surface area contributed by atoms with Crippen LogP contribution >= 0.6 is 11.3 Å². The van der Waals surface area contributed by atoms with Crippen molar-refractivity contribution in [1.29, 1.82) is 0 Å². The molecule has 0 N–H and O–H groups in total. The van der Waals surface area contributed by atoms with E-state index in [1.54, 1.807) is 0 Å². The predicted octanol–water partition coefficient (Wildman–Crippen LogP) is 5.35. The number of rotatable bonds is 4. The lowest BCUT2D eigenvalue weighted by molar-refractivity contribution is -0.383. The van der Waals surface area contributed by atoms with Gasteiger partial charge in [-0.15, -0.1) is 0 Å². The fraction of sp³-hybridized carbons (Fsp3) is 0.417. The highest BCUT2D eigenvalue weighted by molar-refractivity contribution is 7.22. The second-order valence-corrected chi connectivity index (χ2v) is 10.6. The van der Waals surface area contributed by atoms with Crippen molar-refractivity contribution in [3.8, 4) is 0 Å². The summed E-state index contributed by atoms with van der Waals surface area (Å²) >= 11 is 0.841. The van der Waals surface area contributed by atoms with E-state index >= 15 is 0 Å². The molecule has 13 heteroatoms. The molecule has 1 spiro atoms. The Morgan fingerprint density at radius 2 is 1.78 bits per heavy atom. The average Bonchev–Trinajstić information content (AvgIpc) is 3.21. The van der Waals surface area contributed by atoms with E-state index in [2.05, 4.69) is 9.88 Å². The van der Waals surface area contributed by atoms with Crippen LogP contribution < -0.4 is 10.5 Å². The molecule has 196 valence electrons. The van der Waals surface area contributed by atoms with Gasteiger partial charge < -0.3 is 4.90 Å². The molecule has 2 aliphatic rings. The molecule has 0 saturated carbocycles. The molecule has 0 unspecified atom stereocenters. The molecule has 0 aliphatic carbocycles. The zero-order valence-electron chi connectivity index (χ0n) is 19.4. The zero-order valence-corrected chi connectivity index (χ0v) is 20.2. The van der Waals surface area contributed by atoms with Gasteiger partial charge in [-0.1, -0.05) is 17.4 Å². The van der Waals surface area contributed by atoms with E-state index in [-0.39, 0.29) is 15.2 Å². The number of nitro benzene ring substituents is 1. The van der Waals surface area contributed by atoms with Crippen LogP contribution in [0, 0.1) is 27.2 Å². The summed E-state index contributed by atoms with van der Waals surface area (Å²) in [5.41, 5.74) is -2.58. The van der Waals surface area contributed by atoms with Crippen molar-refractivity contribution in [1.82, 2.24) is 9.88 Å². The van der Waals surface area contributed by atoms with Crippen LogP contribution in [0.15, 0.2) is 35.1 Å². The number of aromatic nitrogens is 1. The van der Waals surface area contributed by atoms with Crippen molar-refractivity contribution in [2.24, 2.45) is 5.41 Å². The van der Waals surface area contributed by atoms with Gasteiger partial charge in [0.1, 0.15) is 16.3 Å². The van der Waals surface area contributed by atoms with Crippen LogP contribution in [0.1, 0.15) is 30.4 Å². The van der Waals surface area contributed by atoms with Crippen molar-refractivity contribution in [3.05, 3.63) is 73.6 Å². The maximum Gasteiger partial charge on any atom is 0.416 e. The minimum Gasteiger partial charge on any atom is -0.348 e. The highest BCUT2D eigenvalue weighted by atomic mass is 32.1. The number of nitrogens with zero attached hydrogens (tertiary/aromatic N) is 4. The molecule has 2 aromatic carbocycles. The second kappa shape index (κ2) is 9.28. The van der Waals surface area contributed by atoms with Crippen molar-refractivity contribution >= 4 is 32.2 Å². The first-order valence-electron chi connectivity index (χ1n) is 11.6. The van der Waals surface area contributed by atoms with Gasteiger partial charge in [0.05, 0.1) is 15.9 Å². The van der Waals surface area contributed by atoms with Gasteiger partial charge in [-0.3, -0.25) is 19.8 Å². The number of piperidine rings is 1. The number of hydrogen-bond donors (Lipinski definition) is 0. The van der Waals surface area contributed by atoms with Crippen LogP contribution in [-0.2, 0) is 12.7 Å². The molecule has 37 heavy (non-hydrogen) atoms. The zero-order chi connectivity index (χ0) is 26.5. The third kappa shape index (κ3) is 5.01. The van der Waals surface area contributed by atoms with Crippen LogP contribution in [-0.4, -0.2) is 41.0 Å². The quantitative estimate of drug-likeness (QED) is 0.252. The topological polar surface area (TPSA) is 79.6 Å². The van der Waals surface area contributed by atoms with Gasteiger partial charge in [-0.05, 0) is 43.4 Å². The first-order valence-corrected chi connectivity index (χ1v) is 12.4. The monoisotopic (exact) mass is 540 g/mol. The summed E-state index contributed by atoms with van der Waals surface area (Å²) in [7, 11) is 0. The maximum absolute atomic E-state index is 14.1. The lowest BCUT2D eigenvalue weighted by atomic mass is 9.78. The van der Waals surface area contributed by atoms with E-state index in [4.69, 9.17) is 0 Å². The van der Waals surface area contributed by atoms with Crippen LogP contribution in [0.25, 0.3) is 10.1 Å². The van der Waals surface area contributed by atoms with E-state index in [0.717, 1.165) is 49.8 Å². The summed E-state index contributed by atoms with van der Waals surface area (Å²) in [6.07, 6.45) is -2.47. The number of alkyl halides is 3. The van der Waals surface area contributed by atoms with Gasteiger partial charge in [-0.2, -0.15) is 18.2 Å². The Bertz CT molecular complexity index is 1440. The third-order valence-corrected chi connectivity index (χ3v) is 8.40. The van der Waals surface area contributed by atoms with Crippen molar-refractivity contribution < 1.29 is 26.9 Å². The normalized spacial score (nSPS) is 18.1. The average molecular weight is 541 g/mol. The number of non-ortho nitro benzene ring substituents is 1. The van der Waals surface area contributed by atoms with Crippen LogP contribution in [0.5, 0.6) is 0 Å². The van der Waals surface area contributed by atoms with E-state index in [9.17, 15) is 36.9 Å². The van der Waals surface area contributed by atoms with E-state index in [1.807, 2.05) is 4.90 Å². The number of nitro groups is 1. The largest absolute Gasteiger partial charge is 0.416 e. The molecule has 2 fully saturated rings. The molecule has 0 atom stereocenters. The SMILES string of the molecule is O=c1nc(N2CCC3(CCN(Cc4ccc(F)cc4F)C3)CC2)sc2c([N+](=O)[O-])cc(C(F)(F)F)cc12. The highest BCUT2D eigenvalue weighted by Crippen LogP contribution is 2.43.